The van der Waals surface area contributed by atoms with E-state index in [9.17, 15) is 0 Å². The average Bonchev–Trinajstić information content (AvgIpc) is 3.59. The number of aromatic nitrogens is 4. The number of ether oxygens (including phenoxy) is 1. The largest absolute Gasteiger partial charge is 0.496 e. The molecule has 164 valence electrons. The zero-order chi connectivity index (χ0) is 21.5. The predicted octanol–water partition coefficient (Wildman–Crippen LogP) is 6.33. The molecule has 6 heteroatoms. The van der Waals surface area contributed by atoms with Gasteiger partial charge >= 0.3 is 0 Å². The monoisotopic (exact) mass is 611 g/mol. The van der Waals surface area contributed by atoms with Crippen LogP contribution in [0, 0.1) is 0 Å². The minimum atomic E-state index is 0. The molecule has 2 aliphatic rings. The van der Waals surface area contributed by atoms with E-state index < -0.39 is 0 Å². The van der Waals surface area contributed by atoms with Crippen molar-refractivity contribution in [2.75, 3.05) is 7.11 Å². The van der Waals surface area contributed by atoms with Crippen molar-refractivity contribution in [3.8, 4) is 16.9 Å². The number of para-hydroxylation sites is 1. The van der Waals surface area contributed by atoms with E-state index in [4.69, 9.17) is 14.7 Å². The molecule has 2 N–H and O–H groups in total. The van der Waals surface area contributed by atoms with Crippen molar-refractivity contribution in [1.82, 2.24) is 19.9 Å². The molecular weight excluding hydrogens is 591 g/mol. The third-order valence-electron chi connectivity index (χ3n) is 5.57. The molecule has 0 atom stereocenters. The number of hydrogen-bond acceptors (Lipinski definition) is 3. The van der Waals surface area contributed by atoms with E-state index in [0.717, 1.165) is 61.7 Å². The van der Waals surface area contributed by atoms with Crippen molar-refractivity contribution in [2.24, 2.45) is 0 Å². The Morgan fingerprint density at radius 3 is 1.82 bits per heavy atom. The summed E-state index contributed by atoms with van der Waals surface area (Å²) in [5, 5.41) is 0. The summed E-state index contributed by atoms with van der Waals surface area (Å²) >= 11 is 0. The fraction of sp³-hybridized carbons (Fsp3) is 0.0370. The van der Waals surface area contributed by atoms with Gasteiger partial charge in [-0.25, -0.2) is 9.97 Å². The van der Waals surface area contributed by atoms with E-state index in [-0.39, 0.29) is 21.1 Å². The first kappa shape index (κ1) is 21.2. The van der Waals surface area contributed by atoms with Crippen LogP contribution in [-0.2, 0) is 21.1 Å². The van der Waals surface area contributed by atoms with Crippen LogP contribution in [0.4, 0.5) is 0 Å². The summed E-state index contributed by atoms with van der Waals surface area (Å²) in [5.74, 6) is 0.828. The fourth-order valence-electron chi connectivity index (χ4n) is 4.11. The zero-order valence-corrected chi connectivity index (χ0v) is 20.1. The maximum absolute atomic E-state index is 5.63. The second-order valence-corrected chi connectivity index (χ2v) is 7.79. The fourth-order valence-corrected chi connectivity index (χ4v) is 4.11. The van der Waals surface area contributed by atoms with Crippen LogP contribution in [-0.4, -0.2) is 27.0 Å². The van der Waals surface area contributed by atoms with Gasteiger partial charge in [0.15, 0.2) is 0 Å². The molecule has 4 aromatic rings. The first-order chi connectivity index (χ1) is 15.7. The number of benzene rings is 1. The summed E-state index contributed by atoms with van der Waals surface area (Å²) in [4.78, 5) is 16.5. The first-order valence-electron chi connectivity index (χ1n) is 10.5. The Balaban J connectivity index is 0.00000228. The number of H-pyrrole nitrogens is 2. The van der Waals surface area contributed by atoms with Crippen molar-refractivity contribution in [1.29, 1.82) is 0 Å². The molecule has 6 rings (SSSR count). The molecule has 0 saturated carbocycles. The molecule has 0 amide bonds. The van der Waals surface area contributed by atoms with Crippen molar-refractivity contribution >= 4 is 46.4 Å². The minimum absolute atomic E-state index is 0. The summed E-state index contributed by atoms with van der Waals surface area (Å²) in [7, 11) is 1.70. The third kappa shape index (κ3) is 4.20. The smallest absolute Gasteiger partial charge is 0.126 e. The Labute approximate surface area is 205 Å². The molecule has 0 unspecified atom stereocenters. The number of aromatic amines is 2. The zero-order valence-electron chi connectivity index (χ0n) is 17.8. The van der Waals surface area contributed by atoms with E-state index in [1.54, 1.807) is 7.11 Å². The molecule has 0 fully saturated rings. The first-order valence-corrected chi connectivity index (χ1v) is 10.5. The maximum Gasteiger partial charge on any atom is 0.126 e. The van der Waals surface area contributed by atoms with Gasteiger partial charge in [-0.15, -0.1) is 0 Å². The number of rotatable bonds is 2. The minimum Gasteiger partial charge on any atom is -0.496 e. The molecule has 8 bridgehead atoms. The standard InChI is InChI=1S/C27H20N4O.Pt/c1-32-27-5-3-2-4-24(27)25-15-23-14-21-9-8-19(29-21)12-17-6-7-18(28-17)13-20-10-11-22(30-20)16-26(25)31-23;/h2-16,28,31H,1H3;. The maximum atomic E-state index is 5.63. The molecule has 5 nitrogen and oxygen atoms in total. The second-order valence-electron chi connectivity index (χ2n) is 7.79. The van der Waals surface area contributed by atoms with Gasteiger partial charge in [0.25, 0.3) is 0 Å². The molecule has 33 heavy (non-hydrogen) atoms. The molecule has 0 spiro atoms. The summed E-state index contributed by atoms with van der Waals surface area (Å²) in [5.41, 5.74) is 9.63. The van der Waals surface area contributed by atoms with E-state index in [2.05, 4.69) is 40.3 Å². The Morgan fingerprint density at radius 1 is 0.606 bits per heavy atom. The Hall–Kier alpha value is -3.69. The van der Waals surface area contributed by atoms with Gasteiger partial charge in [-0.2, -0.15) is 0 Å². The van der Waals surface area contributed by atoms with Crippen LogP contribution in [0.5, 0.6) is 5.75 Å². The van der Waals surface area contributed by atoms with Gasteiger partial charge in [-0.1, -0.05) is 18.2 Å². The van der Waals surface area contributed by atoms with Crippen molar-refractivity contribution < 1.29 is 25.8 Å². The van der Waals surface area contributed by atoms with Crippen molar-refractivity contribution in [3.05, 3.63) is 89.5 Å². The van der Waals surface area contributed by atoms with Crippen molar-refractivity contribution in [2.45, 2.75) is 0 Å². The number of nitrogens with zero attached hydrogens (tertiary/aromatic N) is 2. The van der Waals surface area contributed by atoms with Gasteiger partial charge in [-0.3, -0.25) is 0 Å². The van der Waals surface area contributed by atoms with Gasteiger partial charge < -0.3 is 14.7 Å². The number of methoxy groups -OCH3 is 1. The quantitative estimate of drug-likeness (QED) is 0.241. The Bertz CT molecular complexity index is 1580. The Kier molecular flexibility index (Phi) is 5.57. The number of nitrogens with one attached hydrogen (secondary N) is 2. The van der Waals surface area contributed by atoms with Crippen LogP contribution in [0.3, 0.4) is 0 Å². The summed E-state index contributed by atoms with van der Waals surface area (Å²) in [6.07, 6.45) is 8.10. The van der Waals surface area contributed by atoms with Gasteiger partial charge in [0.2, 0.25) is 0 Å². The average molecular weight is 612 g/mol. The summed E-state index contributed by atoms with van der Waals surface area (Å²) in [6.45, 7) is 0. The molecule has 1 aromatic carbocycles. The van der Waals surface area contributed by atoms with Gasteiger partial charge in [0.1, 0.15) is 5.75 Å². The normalized spacial score (nSPS) is 11.9. The molecule has 0 radical (unpaired) electrons. The molecule has 2 aliphatic heterocycles. The molecule has 3 aromatic heterocycles. The van der Waals surface area contributed by atoms with Crippen LogP contribution in [0.15, 0.2) is 66.7 Å². The molecule has 0 saturated heterocycles. The van der Waals surface area contributed by atoms with E-state index in [1.807, 2.05) is 60.7 Å². The number of hydrogen-bond donors (Lipinski definition) is 2. The predicted molar refractivity (Wildman–Crippen MR) is 131 cm³/mol. The van der Waals surface area contributed by atoms with Crippen LogP contribution in [0.2, 0.25) is 0 Å². The molecule has 5 heterocycles. The van der Waals surface area contributed by atoms with Crippen LogP contribution >= 0.6 is 0 Å². The summed E-state index contributed by atoms with van der Waals surface area (Å²) < 4.78 is 5.63. The summed E-state index contributed by atoms with van der Waals surface area (Å²) in [6, 6.07) is 22.5. The van der Waals surface area contributed by atoms with Gasteiger partial charge in [0, 0.05) is 54.3 Å². The van der Waals surface area contributed by atoms with E-state index >= 15 is 0 Å². The molecular formula is C27H20N4OPt. The SMILES string of the molecule is COc1ccccc1-c1cc2cc3nc(cc4ccc(cc5nc(cc1[nH]2)C=C5)[nH]4)C=C3.[Pt]. The van der Waals surface area contributed by atoms with Crippen LogP contribution in [0.25, 0.3) is 57.5 Å². The topological polar surface area (TPSA) is 66.6 Å². The van der Waals surface area contributed by atoms with Gasteiger partial charge in [-0.05, 0) is 72.8 Å². The Morgan fingerprint density at radius 2 is 1.18 bits per heavy atom. The molecule has 0 aliphatic carbocycles. The van der Waals surface area contributed by atoms with E-state index in [0.29, 0.717) is 0 Å². The second kappa shape index (κ2) is 8.68. The third-order valence-corrected chi connectivity index (χ3v) is 5.57. The van der Waals surface area contributed by atoms with Crippen LogP contribution in [0.1, 0.15) is 22.8 Å². The van der Waals surface area contributed by atoms with E-state index in [1.165, 1.54) is 0 Å². The van der Waals surface area contributed by atoms with Gasteiger partial charge in [0.05, 0.1) is 29.9 Å². The van der Waals surface area contributed by atoms with Crippen molar-refractivity contribution in [3.63, 3.8) is 0 Å². The van der Waals surface area contributed by atoms with Crippen LogP contribution < -0.4 is 4.74 Å². The number of fused-ring (bicyclic) bond motifs is 8.